The molecule has 0 radical (unpaired) electrons. The third-order valence-corrected chi connectivity index (χ3v) is 3.46. The fourth-order valence-corrected chi connectivity index (χ4v) is 2.17. The minimum Gasteiger partial charge on any atom is -0.299 e. The number of aryl methyl sites for hydroxylation is 1. The predicted octanol–water partition coefficient (Wildman–Crippen LogP) is 3.95. The summed E-state index contributed by atoms with van der Waals surface area (Å²) in [6.45, 7) is 4.35. The van der Waals surface area contributed by atoms with Crippen LogP contribution in [0.25, 0.3) is 0 Å². The summed E-state index contributed by atoms with van der Waals surface area (Å²) in [5, 5.41) is 0. The van der Waals surface area contributed by atoms with E-state index >= 15 is 0 Å². The molecule has 0 bridgehead atoms. The number of ketones is 1. The molecule has 0 unspecified atom stereocenters. The fourth-order valence-electron chi connectivity index (χ4n) is 2.17. The fraction of sp³-hybridized carbons (Fsp3) is 0.333. The van der Waals surface area contributed by atoms with E-state index in [0.717, 1.165) is 17.5 Å². The molecule has 2 rings (SSSR count). The van der Waals surface area contributed by atoms with E-state index in [-0.39, 0.29) is 5.78 Å². The second-order valence-electron chi connectivity index (χ2n) is 5.47. The Bertz CT molecular complexity index is 543. The molecule has 0 saturated heterocycles. The van der Waals surface area contributed by atoms with Crippen LogP contribution in [0.3, 0.4) is 0 Å². The SMILES string of the molecule is CC(C)c1ccc(CC(=O)CCc2cccnc2)cc1. The highest BCUT2D eigenvalue weighted by molar-refractivity contribution is 5.81. The van der Waals surface area contributed by atoms with Crippen LogP contribution in [0, 0.1) is 0 Å². The van der Waals surface area contributed by atoms with Gasteiger partial charge in [-0.1, -0.05) is 44.2 Å². The normalized spacial score (nSPS) is 10.8. The number of hydrogen-bond acceptors (Lipinski definition) is 2. The minimum absolute atomic E-state index is 0.283. The molecule has 104 valence electrons. The molecule has 1 heterocycles. The van der Waals surface area contributed by atoms with E-state index < -0.39 is 0 Å². The van der Waals surface area contributed by atoms with E-state index in [9.17, 15) is 4.79 Å². The predicted molar refractivity (Wildman–Crippen MR) is 81.8 cm³/mol. The highest BCUT2D eigenvalue weighted by Gasteiger charge is 2.05. The van der Waals surface area contributed by atoms with Crippen molar-refractivity contribution in [3.8, 4) is 0 Å². The number of pyridine rings is 1. The largest absolute Gasteiger partial charge is 0.299 e. The Morgan fingerprint density at radius 3 is 2.45 bits per heavy atom. The molecule has 0 aliphatic rings. The summed E-state index contributed by atoms with van der Waals surface area (Å²) in [5.41, 5.74) is 3.54. The summed E-state index contributed by atoms with van der Waals surface area (Å²) >= 11 is 0. The second-order valence-corrected chi connectivity index (χ2v) is 5.47. The van der Waals surface area contributed by atoms with Gasteiger partial charge >= 0.3 is 0 Å². The Kier molecular flexibility index (Phi) is 5.05. The van der Waals surface area contributed by atoms with Crippen LogP contribution in [0.5, 0.6) is 0 Å². The third-order valence-electron chi connectivity index (χ3n) is 3.46. The molecule has 0 aliphatic heterocycles. The summed E-state index contributed by atoms with van der Waals surface area (Å²) in [4.78, 5) is 16.0. The van der Waals surface area contributed by atoms with Crippen LogP contribution < -0.4 is 0 Å². The molecule has 0 atom stereocenters. The van der Waals surface area contributed by atoms with Gasteiger partial charge < -0.3 is 0 Å². The van der Waals surface area contributed by atoms with Crippen molar-refractivity contribution in [1.29, 1.82) is 0 Å². The van der Waals surface area contributed by atoms with Gasteiger partial charge in [-0.3, -0.25) is 9.78 Å². The third kappa shape index (κ3) is 4.30. The first-order chi connectivity index (χ1) is 9.65. The Hall–Kier alpha value is -1.96. The lowest BCUT2D eigenvalue weighted by Crippen LogP contribution is -2.04. The maximum atomic E-state index is 12.0. The Morgan fingerprint density at radius 1 is 1.10 bits per heavy atom. The van der Waals surface area contributed by atoms with Crippen molar-refractivity contribution >= 4 is 5.78 Å². The van der Waals surface area contributed by atoms with Crippen LogP contribution >= 0.6 is 0 Å². The highest BCUT2D eigenvalue weighted by atomic mass is 16.1. The van der Waals surface area contributed by atoms with Gasteiger partial charge in [-0.15, -0.1) is 0 Å². The summed E-state index contributed by atoms with van der Waals surface area (Å²) < 4.78 is 0. The van der Waals surface area contributed by atoms with Gasteiger partial charge in [0.05, 0.1) is 0 Å². The first kappa shape index (κ1) is 14.4. The van der Waals surface area contributed by atoms with Gasteiger partial charge in [-0.25, -0.2) is 0 Å². The van der Waals surface area contributed by atoms with Crippen molar-refractivity contribution in [2.45, 2.75) is 39.0 Å². The quantitative estimate of drug-likeness (QED) is 0.793. The summed E-state index contributed by atoms with van der Waals surface area (Å²) in [6.07, 6.45) is 5.46. The minimum atomic E-state index is 0.283. The van der Waals surface area contributed by atoms with Crippen LogP contribution in [0.15, 0.2) is 48.8 Å². The van der Waals surface area contributed by atoms with Gasteiger partial charge in [0.1, 0.15) is 5.78 Å². The Balaban J connectivity index is 1.85. The molecule has 0 N–H and O–H groups in total. The zero-order valence-corrected chi connectivity index (χ0v) is 12.2. The van der Waals surface area contributed by atoms with Crippen molar-refractivity contribution in [2.75, 3.05) is 0 Å². The number of benzene rings is 1. The number of carbonyl (C=O) groups excluding carboxylic acids is 1. The summed E-state index contributed by atoms with van der Waals surface area (Å²) in [5.74, 6) is 0.816. The molecule has 0 amide bonds. The maximum absolute atomic E-state index is 12.0. The van der Waals surface area contributed by atoms with E-state index in [1.165, 1.54) is 5.56 Å². The molecule has 0 saturated carbocycles. The van der Waals surface area contributed by atoms with E-state index in [0.29, 0.717) is 18.8 Å². The van der Waals surface area contributed by atoms with Crippen molar-refractivity contribution in [2.24, 2.45) is 0 Å². The van der Waals surface area contributed by atoms with Gasteiger partial charge in [0.15, 0.2) is 0 Å². The van der Waals surface area contributed by atoms with Crippen LogP contribution in [-0.2, 0) is 17.6 Å². The van der Waals surface area contributed by atoms with Crippen molar-refractivity contribution in [3.05, 3.63) is 65.5 Å². The van der Waals surface area contributed by atoms with Gasteiger partial charge in [-0.05, 0) is 35.1 Å². The van der Waals surface area contributed by atoms with E-state index in [1.54, 1.807) is 6.20 Å². The molecule has 1 aromatic carbocycles. The topological polar surface area (TPSA) is 30.0 Å². The van der Waals surface area contributed by atoms with Crippen LogP contribution in [0.2, 0.25) is 0 Å². The van der Waals surface area contributed by atoms with E-state index in [4.69, 9.17) is 0 Å². The monoisotopic (exact) mass is 267 g/mol. The average Bonchev–Trinajstić information content (AvgIpc) is 2.47. The molecule has 2 nitrogen and oxygen atoms in total. The Morgan fingerprint density at radius 2 is 1.85 bits per heavy atom. The number of rotatable bonds is 6. The molecular weight excluding hydrogens is 246 g/mol. The number of hydrogen-bond donors (Lipinski definition) is 0. The maximum Gasteiger partial charge on any atom is 0.137 e. The lowest BCUT2D eigenvalue weighted by atomic mass is 9.99. The standard InChI is InChI=1S/C18H21NO/c1-14(2)17-8-5-15(6-9-17)12-18(20)10-7-16-4-3-11-19-13-16/h3-6,8-9,11,13-14H,7,10,12H2,1-2H3. The smallest absolute Gasteiger partial charge is 0.137 e. The van der Waals surface area contributed by atoms with E-state index in [2.05, 4.69) is 43.1 Å². The summed E-state index contributed by atoms with van der Waals surface area (Å²) in [7, 11) is 0. The zero-order chi connectivity index (χ0) is 14.4. The molecule has 0 aliphatic carbocycles. The molecule has 0 spiro atoms. The molecule has 0 fully saturated rings. The lowest BCUT2D eigenvalue weighted by Gasteiger charge is -2.06. The van der Waals surface area contributed by atoms with Crippen molar-refractivity contribution < 1.29 is 4.79 Å². The molecule has 2 heteroatoms. The number of carbonyl (C=O) groups is 1. The van der Waals surface area contributed by atoms with Crippen molar-refractivity contribution in [3.63, 3.8) is 0 Å². The van der Waals surface area contributed by atoms with Gasteiger partial charge in [-0.2, -0.15) is 0 Å². The second kappa shape index (κ2) is 6.99. The molecule has 20 heavy (non-hydrogen) atoms. The molecule has 1 aromatic heterocycles. The molecular formula is C18H21NO. The van der Waals surface area contributed by atoms with Gasteiger partial charge in [0.25, 0.3) is 0 Å². The van der Waals surface area contributed by atoms with Gasteiger partial charge in [0, 0.05) is 25.2 Å². The summed E-state index contributed by atoms with van der Waals surface area (Å²) in [6, 6.07) is 12.3. The molecule has 2 aromatic rings. The lowest BCUT2D eigenvalue weighted by molar-refractivity contribution is -0.118. The average molecular weight is 267 g/mol. The van der Waals surface area contributed by atoms with Crippen LogP contribution in [-0.4, -0.2) is 10.8 Å². The van der Waals surface area contributed by atoms with E-state index in [1.807, 2.05) is 18.3 Å². The number of aromatic nitrogens is 1. The number of Topliss-reactive ketones (excluding diaryl/α,β-unsaturated/α-hetero) is 1. The first-order valence-corrected chi connectivity index (χ1v) is 7.14. The highest BCUT2D eigenvalue weighted by Crippen LogP contribution is 2.15. The first-order valence-electron chi connectivity index (χ1n) is 7.14. The number of nitrogens with zero attached hydrogens (tertiary/aromatic N) is 1. The van der Waals surface area contributed by atoms with Crippen molar-refractivity contribution in [1.82, 2.24) is 4.98 Å². The van der Waals surface area contributed by atoms with Crippen LogP contribution in [0.4, 0.5) is 0 Å². The van der Waals surface area contributed by atoms with Crippen LogP contribution in [0.1, 0.15) is 42.9 Å². The zero-order valence-electron chi connectivity index (χ0n) is 12.2. The van der Waals surface area contributed by atoms with Gasteiger partial charge in [0.2, 0.25) is 0 Å². The Labute approximate surface area is 120 Å².